The Morgan fingerprint density at radius 1 is 1.15 bits per heavy atom. The van der Waals surface area contributed by atoms with E-state index in [9.17, 15) is 9.59 Å². The topological polar surface area (TPSA) is 66.4 Å². The Bertz CT molecular complexity index is 572. The predicted octanol–water partition coefficient (Wildman–Crippen LogP) is 2.74. The largest absolute Gasteiger partial charge is 0.481 e. The van der Waals surface area contributed by atoms with Gasteiger partial charge in [0.25, 0.3) is 0 Å². The van der Waals surface area contributed by atoms with E-state index in [4.69, 9.17) is 5.11 Å². The predicted molar refractivity (Wildman–Crippen MR) is 77.9 cm³/mol. The molecule has 0 radical (unpaired) electrons. The number of carboxylic acids is 1. The van der Waals surface area contributed by atoms with Crippen molar-refractivity contribution in [3.63, 3.8) is 0 Å². The van der Waals surface area contributed by atoms with Crippen molar-refractivity contribution in [3.05, 3.63) is 44.8 Å². The minimum atomic E-state index is -0.881. The molecule has 1 saturated carbocycles. The number of hydrogen-bond donors (Lipinski definition) is 2. The van der Waals surface area contributed by atoms with Crippen LogP contribution in [-0.2, 0) is 9.59 Å². The maximum atomic E-state index is 12.2. The Labute approximate surface area is 124 Å². The van der Waals surface area contributed by atoms with E-state index in [0.29, 0.717) is 6.42 Å². The molecular formula is C14H13NO3S2. The third-order valence-corrected chi connectivity index (χ3v) is 5.26. The third-order valence-electron chi connectivity index (χ3n) is 3.39. The van der Waals surface area contributed by atoms with E-state index in [1.165, 1.54) is 0 Å². The quantitative estimate of drug-likeness (QED) is 0.892. The molecule has 0 spiro atoms. The van der Waals surface area contributed by atoms with E-state index in [0.717, 1.165) is 9.75 Å². The molecule has 0 aliphatic heterocycles. The molecule has 4 nitrogen and oxygen atoms in total. The van der Waals surface area contributed by atoms with Crippen LogP contribution in [0.1, 0.15) is 22.2 Å². The van der Waals surface area contributed by atoms with Gasteiger partial charge in [-0.05, 0) is 29.3 Å². The Morgan fingerprint density at radius 3 is 2.15 bits per heavy atom. The molecule has 6 heteroatoms. The van der Waals surface area contributed by atoms with E-state index < -0.39 is 11.9 Å². The summed E-state index contributed by atoms with van der Waals surface area (Å²) >= 11 is 3.17. The van der Waals surface area contributed by atoms with E-state index in [1.54, 1.807) is 22.7 Å². The normalized spacial score (nSPS) is 20.9. The standard InChI is InChI=1S/C14H13NO3S2/c16-13(8-7-9(8)14(17)18)15-12(10-3-1-5-19-10)11-4-2-6-20-11/h1-6,8-9,12H,7H2,(H,15,16)(H,17,18)/t8-,9-/m0/s1. The van der Waals surface area contributed by atoms with Crippen molar-refractivity contribution in [3.8, 4) is 0 Å². The number of rotatable bonds is 5. The van der Waals surface area contributed by atoms with Crippen molar-refractivity contribution in [2.24, 2.45) is 11.8 Å². The highest BCUT2D eigenvalue weighted by Crippen LogP contribution is 2.40. The van der Waals surface area contributed by atoms with Gasteiger partial charge in [-0.25, -0.2) is 0 Å². The lowest BCUT2D eigenvalue weighted by molar-refractivity contribution is -0.140. The van der Waals surface area contributed by atoms with Crippen LogP contribution in [0.3, 0.4) is 0 Å². The summed E-state index contributed by atoms with van der Waals surface area (Å²) < 4.78 is 0. The van der Waals surface area contributed by atoms with Crippen LogP contribution in [-0.4, -0.2) is 17.0 Å². The second kappa shape index (κ2) is 5.38. The Balaban J connectivity index is 1.75. The summed E-state index contributed by atoms with van der Waals surface area (Å²) in [5.74, 6) is -1.93. The fraction of sp³-hybridized carbons (Fsp3) is 0.286. The van der Waals surface area contributed by atoms with Crippen LogP contribution in [0, 0.1) is 11.8 Å². The molecule has 2 aromatic heterocycles. The highest BCUT2D eigenvalue weighted by Gasteiger charge is 2.48. The molecule has 0 saturated heterocycles. The summed E-state index contributed by atoms with van der Waals surface area (Å²) in [5, 5.41) is 15.8. The van der Waals surface area contributed by atoms with Gasteiger partial charge in [-0.3, -0.25) is 9.59 Å². The maximum absolute atomic E-state index is 12.2. The number of carbonyl (C=O) groups is 2. The van der Waals surface area contributed by atoms with Gasteiger partial charge in [-0.15, -0.1) is 22.7 Å². The van der Waals surface area contributed by atoms with Gasteiger partial charge >= 0.3 is 5.97 Å². The van der Waals surface area contributed by atoms with E-state index >= 15 is 0 Å². The number of amides is 1. The first-order chi connectivity index (χ1) is 9.66. The zero-order valence-corrected chi connectivity index (χ0v) is 12.1. The van der Waals surface area contributed by atoms with Crippen LogP contribution >= 0.6 is 22.7 Å². The van der Waals surface area contributed by atoms with E-state index in [2.05, 4.69) is 5.32 Å². The van der Waals surface area contributed by atoms with Crippen molar-refractivity contribution >= 4 is 34.6 Å². The Morgan fingerprint density at radius 2 is 1.75 bits per heavy atom. The van der Waals surface area contributed by atoms with Crippen LogP contribution in [0.4, 0.5) is 0 Å². The molecule has 2 N–H and O–H groups in total. The molecule has 2 atom stereocenters. The maximum Gasteiger partial charge on any atom is 0.307 e. The fourth-order valence-corrected chi connectivity index (χ4v) is 3.86. The zero-order chi connectivity index (χ0) is 14.1. The summed E-state index contributed by atoms with van der Waals surface area (Å²) in [6, 6.07) is 7.69. The SMILES string of the molecule is O=C(O)[C@H]1C[C@@H]1C(=O)NC(c1cccs1)c1cccs1. The van der Waals surface area contributed by atoms with Crippen molar-refractivity contribution in [1.82, 2.24) is 5.32 Å². The zero-order valence-electron chi connectivity index (χ0n) is 10.5. The summed E-state index contributed by atoms with van der Waals surface area (Å²) in [4.78, 5) is 25.1. The van der Waals surface area contributed by atoms with Crippen molar-refractivity contribution in [1.29, 1.82) is 0 Å². The number of thiophene rings is 2. The number of carbonyl (C=O) groups excluding carboxylic acids is 1. The first-order valence-electron chi connectivity index (χ1n) is 6.27. The van der Waals surface area contributed by atoms with Crippen LogP contribution in [0.15, 0.2) is 35.0 Å². The summed E-state index contributed by atoms with van der Waals surface area (Å²) in [7, 11) is 0. The van der Waals surface area contributed by atoms with Gasteiger partial charge in [0.2, 0.25) is 5.91 Å². The van der Waals surface area contributed by atoms with Crippen LogP contribution < -0.4 is 5.32 Å². The molecule has 3 rings (SSSR count). The first-order valence-corrected chi connectivity index (χ1v) is 8.02. The number of nitrogens with one attached hydrogen (secondary N) is 1. The molecule has 20 heavy (non-hydrogen) atoms. The molecule has 104 valence electrons. The van der Waals surface area contributed by atoms with Gasteiger partial charge < -0.3 is 10.4 Å². The highest BCUT2D eigenvalue weighted by atomic mass is 32.1. The molecule has 0 unspecified atom stereocenters. The molecule has 1 fully saturated rings. The lowest BCUT2D eigenvalue weighted by Crippen LogP contribution is -2.30. The van der Waals surface area contributed by atoms with Gasteiger partial charge in [0.05, 0.1) is 17.9 Å². The van der Waals surface area contributed by atoms with Crippen LogP contribution in [0.2, 0.25) is 0 Å². The smallest absolute Gasteiger partial charge is 0.307 e. The monoisotopic (exact) mass is 307 g/mol. The Hall–Kier alpha value is -1.66. The molecule has 1 aliphatic rings. The van der Waals surface area contributed by atoms with Gasteiger partial charge in [0, 0.05) is 9.75 Å². The fourth-order valence-electron chi connectivity index (χ4n) is 2.20. The second-order valence-electron chi connectivity index (χ2n) is 4.76. The van der Waals surface area contributed by atoms with Gasteiger partial charge in [0.15, 0.2) is 0 Å². The van der Waals surface area contributed by atoms with Gasteiger partial charge in [-0.1, -0.05) is 12.1 Å². The lowest BCUT2D eigenvalue weighted by atomic mass is 10.2. The summed E-state index contributed by atoms with van der Waals surface area (Å²) in [6.45, 7) is 0. The Kier molecular flexibility index (Phi) is 3.58. The molecular weight excluding hydrogens is 294 g/mol. The molecule has 0 bridgehead atoms. The number of carboxylic acid groups (broad SMARTS) is 1. The summed E-state index contributed by atoms with van der Waals surface area (Å²) in [6.07, 6.45) is 0.447. The highest BCUT2D eigenvalue weighted by molar-refractivity contribution is 7.11. The van der Waals surface area contributed by atoms with Crippen molar-refractivity contribution in [2.45, 2.75) is 12.5 Å². The van der Waals surface area contributed by atoms with E-state index in [1.807, 2.05) is 35.0 Å². The van der Waals surface area contributed by atoms with Crippen LogP contribution in [0.5, 0.6) is 0 Å². The second-order valence-corrected chi connectivity index (χ2v) is 6.72. The minimum Gasteiger partial charge on any atom is -0.481 e. The average molecular weight is 307 g/mol. The summed E-state index contributed by atoms with van der Waals surface area (Å²) in [5.41, 5.74) is 0. The van der Waals surface area contributed by atoms with Crippen LogP contribution in [0.25, 0.3) is 0 Å². The third kappa shape index (κ3) is 2.62. The first kappa shape index (κ1) is 13.3. The average Bonchev–Trinajstić information content (AvgIpc) is 2.85. The molecule has 1 amide bonds. The molecule has 0 aromatic carbocycles. The number of aliphatic carboxylic acids is 1. The molecule has 1 aliphatic carbocycles. The van der Waals surface area contributed by atoms with Crippen molar-refractivity contribution in [2.75, 3.05) is 0 Å². The molecule has 2 aromatic rings. The van der Waals surface area contributed by atoms with Gasteiger partial charge in [-0.2, -0.15) is 0 Å². The van der Waals surface area contributed by atoms with E-state index in [-0.39, 0.29) is 17.9 Å². The lowest BCUT2D eigenvalue weighted by Gasteiger charge is -2.16. The molecule has 2 heterocycles. The minimum absolute atomic E-state index is 0.163. The van der Waals surface area contributed by atoms with Crippen molar-refractivity contribution < 1.29 is 14.7 Å². The number of hydrogen-bond acceptors (Lipinski definition) is 4. The van der Waals surface area contributed by atoms with Gasteiger partial charge in [0.1, 0.15) is 0 Å².